The van der Waals surface area contributed by atoms with Crippen LogP contribution in [0.1, 0.15) is 34.3 Å². The zero-order valence-electron chi connectivity index (χ0n) is 19.4. The number of Topliss-reactive ketones (excluding diaryl/α,β-unsaturated/α-hetero) is 3. The van der Waals surface area contributed by atoms with Crippen LogP contribution in [0.3, 0.4) is 0 Å². The summed E-state index contributed by atoms with van der Waals surface area (Å²) in [7, 11) is 4.75. The van der Waals surface area contributed by atoms with E-state index < -0.39 is 70.0 Å². The normalized spacial score (nSPS) is 25.7. The molecule has 35 heavy (non-hydrogen) atoms. The van der Waals surface area contributed by atoms with Gasteiger partial charge in [-0.3, -0.25) is 19.2 Å². The largest absolute Gasteiger partial charge is 0.508 e. The monoisotopic (exact) mass is 486 g/mol. The summed E-state index contributed by atoms with van der Waals surface area (Å²) in [4.78, 5) is 52.0. The van der Waals surface area contributed by atoms with E-state index in [1.807, 2.05) is 0 Å². The third-order valence-electron chi connectivity index (χ3n) is 7.10. The maximum absolute atomic E-state index is 13.6. The van der Waals surface area contributed by atoms with Gasteiger partial charge in [0.25, 0.3) is 5.91 Å². The van der Waals surface area contributed by atoms with Crippen LogP contribution in [0.5, 0.6) is 5.75 Å². The van der Waals surface area contributed by atoms with Crippen molar-refractivity contribution in [2.24, 2.45) is 17.6 Å². The minimum atomic E-state index is -2.64. The molecular weight excluding hydrogens is 460 g/mol. The molecule has 0 unspecified atom stereocenters. The minimum Gasteiger partial charge on any atom is -0.508 e. The van der Waals surface area contributed by atoms with Crippen molar-refractivity contribution < 1.29 is 44.3 Å². The van der Waals surface area contributed by atoms with Crippen molar-refractivity contribution in [3.05, 3.63) is 39.7 Å². The highest BCUT2D eigenvalue weighted by Gasteiger charge is 2.60. The van der Waals surface area contributed by atoms with Crippen molar-refractivity contribution in [3.63, 3.8) is 0 Å². The first-order valence-corrected chi connectivity index (χ1v) is 10.9. The standard InChI is InChI=1S/C24H26N2O9/c1-26(2)13-7-12(15(28)8-35-3)19(29)17-11(13)5-9-4-10-6-14(27)18(23(25)33)22(32)24(10,34)21(31)16(9)20(17)30/h7,9-10,29-30,32,34H,4-6,8H2,1-3H3,(H2,25,33)/t9-,10+,24+/m1/s1. The first kappa shape index (κ1) is 24.4. The minimum absolute atomic E-state index is 0.0287. The van der Waals surface area contributed by atoms with Crippen LogP contribution in [0.25, 0.3) is 5.76 Å². The smallest absolute Gasteiger partial charge is 0.255 e. The Bertz CT molecular complexity index is 1260. The Morgan fingerprint density at radius 3 is 2.43 bits per heavy atom. The highest BCUT2D eigenvalue weighted by Crippen LogP contribution is 2.53. The Morgan fingerprint density at radius 2 is 1.86 bits per heavy atom. The van der Waals surface area contributed by atoms with Gasteiger partial charge in [0.05, 0.1) is 11.1 Å². The molecule has 0 heterocycles. The fourth-order valence-corrected chi connectivity index (χ4v) is 5.49. The molecule has 0 aliphatic heterocycles. The predicted octanol–water partition coefficient (Wildman–Crippen LogP) is 0.319. The van der Waals surface area contributed by atoms with E-state index in [9.17, 15) is 39.6 Å². The van der Waals surface area contributed by atoms with Gasteiger partial charge >= 0.3 is 0 Å². The molecule has 1 amide bonds. The summed E-state index contributed by atoms with van der Waals surface area (Å²) < 4.78 is 4.88. The Hall–Kier alpha value is -3.70. The topological polar surface area (TPSA) is 188 Å². The van der Waals surface area contributed by atoms with Crippen LogP contribution in [-0.2, 0) is 25.5 Å². The molecule has 11 heteroatoms. The summed E-state index contributed by atoms with van der Waals surface area (Å²) in [6, 6.07) is 1.48. The van der Waals surface area contributed by atoms with Crippen LogP contribution < -0.4 is 10.6 Å². The molecule has 0 radical (unpaired) electrons. The molecule has 3 aliphatic rings. The maximum atomic E-state index is 13.6. The predicted molar refractivity (Wildman–Crippen MR) is 122 cm³/mol. The summed E-state index contributed by atoms with van der Waals surface area (Å²) in [5, 5.41) is 44.1. The summed E-state index contributed by atoms with van der Waals surface area (Å²) >= 11 is 0. The van der Waals surface area contributed by atoms with Crippen LogP contribution >= 0.6 is 0 Å². The molecule has 3 aliphatic carbocycles. The van der Waals surface area contributed by atoms with Gasteiger partial charge in [-0.2, -0.15) is 0 Å². The number of ether oxygens (including phenoxy) is 1. The lowest BCUT2D eigenvalue weighted by Gasteiger charge is -2.46. The molecule has 0 spiro atoms. The van der Waals surface area contributed by atoms with Crippen molar-refractivity contribution in [2.75, 3.05) is 32.7 Å². The second-order valence-corrected chi connectivity index (χ2v) is 9.30. The molecule has 1 aromatic carbocycles. The molecule has 0 aromatic heterocycles. The number of aliphatic hydroxyl groups excluding tert-OH is 2. The van der Waals surface area contributed by atoms with E-state index >= 15 is 0 Å². The zero-order valence-corrected chi connectivity index (χ0v) is 19.4. The van der Waals surface area contributed by atoms with Crippen molar-refractivity contribution in [3.8, 4) is 5.75 Å². The second-order valence-electron chi connectivity index (χ2n) is 9.30. The number of phenols is 1. The van der Waals surface area contributed by atoms with Crippen molar-refractivity contribution in [2.45, 2.75) is 24.9 Å². The number of benzene rings is 1. The number of aliphatic hydroxyl groups is 3. The number of hydrogen-bond donors (Lipinski definition) is 5. The Balaban J connectivity index is 1.97. The molecule has 1 saturated carbocycles. The van der Waals surface area contributed by atoms with Gasteiger partial charge in [0.1, 0.15) is 29.4 Å². The fourth-order valence-electron chi connectivity index (χ4n) is 5.49. The number of fused-ring (bicyclic) bond motifs is 3. The summed E-state index contributed by atoms with van der Waals surface area (Å²) in [6.45, 7) is -0.331. The van der Waals surface area contributed by atoms with Gasteiger partial charge in [-0.15, -0.1) is 0 Å². The molecule has 11 nitrogen and oxygen atoms in total. The molecule has 186 valence electrons. The first-order chi connectivity index (χ1) is 16.4. The number of phenolic OH excluding ortho intramolecular Hbond substituents is 1. The van der Waals surface area contributed by atoms with E-state index in [0.29, 0.717) is 11.3 Å². The van der Waals surface area contributed by atoms with Gasteiger partial charge in [-0.05, 0) is 30.4 Å². The molecule has 0 bridgehead atoms. The number of carbonyl (C=O) groups excluding carboxylic acids is 4. The Kier molecular flexibility index (Phi) is 5.73. The summed E-state index contributed by atoms with van der Waals surface area (Å²) in [6.07, 6.45) is -0.215. The highest BCUT2D eigenvalue weighted by molar-refractivity contribution is 6.22. The highest BCUT2D eigenvalue weighted by atomic mass is 16.5. The van der Waals surface area contributed by atoms with Crippen LogP contribution in [-0.4, -0.2) is 77.1 Å². The van der Waals surface area contributed by atoms with Gasteiger partial charge in [0, 0.05) is 44.8 Å². The number of primary amides is 1. The number of anilines is 1. The van der Waals surface area contributed by atoms with Gasteiger partial charge in [-0.25, -0.2) is 0 Å². The molecule has 3 atom stereocenters. The average Bonchev–Trinajstić information content (AvgIpc) is 2.76. The first-order valence-electron chi connectivity index (χ1n) is 10.9. The summed E-state index contributed by atoms with van der Waals surface area (Å²) in [5.74, 6) is -7.74. The quantitative estimate of drug-likeness (QED) is 0.286. The van der Waals surface area contributed by atoms with E-state index in [4.69, 9.17) is 10.5 Å². The molecule has 1 aromatic rings. The third-order valence-corrected chi connectivity index (χ3v) is 7.10. The van der Waals surface area contributed by atoms with Crippen molar-refractivity contribution in [1.29, 1.82) is 0 Å². The number of aromatic hydroxyl groups is 1. The number of nitrogens with zero attached hydrogens (tertiary/aromatic N) is 1. The summed E-state index contributed by atoms with van der Waals surface area (Å²) in [5.41, 5.74) is 2.17. The number of nitrogens with two attached hydrogens (primary N) is 1. The van der Waals surface area contributed by atoms with Crippen LogP contribution in [0.2, 0.25) is 0 Å². The number of methoxy groups -OCH3 is 1. The SMILES string of the molecule is COCC(=O)c1cc(N(C)C)c2c(c1O)C(O)=C1C(=O)[C@]3(O)C(O)=C(C(N)=O)C(=O)C[C@@H]3C[C@@H]1C2. The van der Waals surface area contributed by atoms with E-state index in [1.165, 1.54) is 13.2 Å². The molecular formula is C24H26N2O9. The lowest BCUT2D eigenvalue weighted by atomic mass is 9.59. The second kappa shape index (κ2) is 8.21. The maximum Gasteiger partial charge on any atom is 0.255 e. The number of amides is 1. The number of hydrogen-bond acceptors (Lipinski definition) is 10. The number of ketones is 3. The molecule has 0 saturated heterocycles. The number of rotatable bonds is 5. The van der Waals surface area contributed by atoms with Crippen molar-refractivity contribution in [1.82, 2.24) is 0 Å². The van der Waals surface area contributed by atoms with E-state index in [2.05, 4.69) is 0 Å². The lowest BCUT2D eigenvalue weighted by molar-refractivity contribution is -0.147. The molecule has 6 N–H and O–H groups in total. The van der Waals surface area contributed by atoms with E-state index in [0.717, 1.165) is 0 Å². The Morgan fingerprint density at radius 1 is 1.20 bits per heavy atom. The number of carbonyl (C=O) groups is 4. The fraction of sp³-hybridized carbons (Fsp3) is 0.417. The third kappa shape index (κ3) is 3.34. The van der Waals surface area contributed by atoms with Crippen molar-refractivity contribution >= 4 is 34.7 Å². The molecule has 1 fully saturated rings. The van der Waals surface area contributed by atoms with E-state index in [-0.39, 0.29) is 36.1 Å². The van der Waals surface area contributed by atoms with Gasteiger partial charge < -0.3 is 35.8 Å². The van der Waals surface area contributed by atoms with Crippen LogP contribution in [0, 0.1) is 11.8 Å². The average molecular weight is 486 g/mol. The van der Waals surface area contributed by atoms with Gasteiger partial charge in [-0.1, -0.05) is 0 Å². The molecule has 4 rings (SSSR count). The van der Waals surface area contributed by atoms with Gasteiger partial charge in [0.2, 0.25) is 5.78 Å². The van der Waals surface area contributed by atoms with Crippen LogP contribution in [0.4, 0.5) is 5.69 Å². The zero-order chi connectivity index (χ0) is 26.0. The Labute approximate surface area is 200 Å². The van der Waals surface area contributed by atoms with Gasteiger partial charge in [0.15, 0.2) is 17.2 Å². The van der Waals surface area contributed by atoms with Crippen LogP contribution in [0.15, 0.2) is 23.0 Å². The lowest BCUT2D eigenvalue weighted by Crippen LogP contribution is -2.58. The van der Waals surface area contributed by atoms with E-state index in [1.54, 1.807) is 19.0 Å².